The molecule has 5 N–H and O–H groups in total. The fourth-order valence-corrected chi connectivity index (χ4v) is 6.00. The van der Waals surface area contributed by atoms with Gasteiger partial charge in [-0.15, -0.1) is 0 Å². The van der Waals surface area contributed by atoms with E-state index in [-0.39, 0.29) is 31.1 Å². The molecule has 0 bridgehead atoms. The molecule has 0 saturated heterocycles. The molecule has 1 aliphatic carbocycles. The summed E-state index contributed by atoms with van der Waals surface area (Å²) in [6, 6.07) is 0. The molecule has 11 nitrogen and oxygen atoms in total. The molecule has 46 heavy (non-hydrogen) atoms. The third-order valence-electron chi connectivity index (χ3n) is 8.33. The summed E-state index contributed by atoms with van der Waals surface area (Å²) in [7, 11) is -4.82. The van der Waals surface area contributed by atoms with Gasteiger partial charge in [-0.05, 0) is 25.2 Å². The topological polar surface area (TPSA) is 180 Å². The maximum Gasteiger partial charge on any atom is 0.469 e. The lowest BCUT2D eigenvalue weighted by atomic mass is 9.89. The second-order valence-electron chi connectivity index (χ2n) is 12.5. The average molecular weight is 677 g/mol. The number of carbonyl (C=O) groups excluding carboxylic acids is 2. The Labute approximate surface area is 276 Å². The van der Waals surface area contributed by atoms with E-state index in [0.29, 0.717) is 19.3 Å². The highest BCUT2D eigenvalue weighted by molar-refractivity contribution is 7.46. The number of allylic oxidation sites excluding steroid dienone is 1. The van der Waals surface area contributed by atoms with Crippen LogP contribution in [0.5, 0.6) is 0 Å². The van der Waals surface area contributed by atoms with Crippen LogP contribution in [-0.2, 0) is 28.2 Å². The van der Waals surface area contributed by atoms with E-state index in [1.165, 1.54) is 38.5 Å². The zero-order valence-electron chi connectivity index (χ0n) is 28.0. The molecular formula is C34H61O11P. The molecule has 0 radical (unpaired) electrons. The van der Waals surface area contributed by atoms with Crippen molar-refractivity contribution in [2.45, 2.75) is 154 Å². The highest BCUT2D eigenvalue weighted by Crippen LogP contribution is 2.37. The zero-order valence-corrected chi connectivity index (χ0v) is 28.9. The lowest BCUT2D eigenvalue weighted by Crippen LogP contribution is -2.29. The number of rotatable bonds is 27. The summed E-state index contributed by atoms with van der Waals surface area (Å²) in [5.41, 5.74) is 0. The molecule has 12 heteroatoms. The number of hydrogen-bond donors (Lipinski definition) is 5. The molecule has 0 aliphatic heterocycles. The van der Waals surface area contributed by atoms with Gasteiger partial charge in [-0.2, -0.15) is 0 Å². The van der Waals surface area contributed by atoms with Crippen LogP contribution in [0.1, 0.15) is 129 Å². The zero-order chi connectivity index (χ0) is 34.2. The number of unbranched alkanes of at least 4 members (excludes halogenated alkanes) is 11. The predicted octanol–water partition coefficient (Wildman–Crippen LogP) is 6.05. The summed E-state index contributed by atoms with van der Waals surface area (Å²) in [6.45, 7) is 3.25. The van der Waals surface area contributed by atoms with E-state index in [1.807, 2.05) is 0 Å². The van der Waals surface area contributed by atoms with Gasteiger partial charge in [0.25, 0.3) is 0 Å². The second kappa shape index (κ2) is 25.4. The van der Waals surface area contributed by atoms with Gasteiger partial charge in [0.1, 0.15) is 6.61 Å². The minimum atomic E-state index is -4.82. The van der Waals surface area contributed by atoms with Gasteiger partial charge in [0.15, 0.2) is 6.10 Å². The summed E-state index contributed by atoms with van der Waals surface area (Å²) in [6.07, 6.45) is 19.0. The number of aliphatic hydroxyl groups excluding tert-OH is 3. The Morgan fingerprint density at radius 1 is 0.826 bits per heavy atom. The maximum atomic E-state index is 12.3. The molecule has 0 aromatic heterocycles. The average Bonchev–Trinajstić information content (AvgIpc) is 3.27. The highest BCUT2D eigenvalue weighted by atomic mass is 31.2. The maximum absolute atomic E-state index is 12.3. The van der Waals surface area contributed by atoms with Crippen molar-refractivity contribution in [3.8, 4) is 0 Å². The van der Waals surface area contributed by atoms with E-state index in [2.05, 4.69) is 18.4 Å². The minimum absolute atomic E-state index is 0.110. The second-order valence-corrected chi connectivity index (χ2v) is 13.7. The van der Waals surface area contributed by atoms with Crippen LogP contribution in [0.2, 0.25) is 0 Å². The van der Waals surface area contributed by atoms with Gasteiger partial charge in [0, 0.05) is 18.8 Å². The number of ether oxygens (including phenoxy) is 2. The van der Waals surface area contributed by atoms with E-state index in [1.54, 1.807) is 24.3 Å². The summed E-state index contributed by atoms with van der Waals surface area (Å²) in [5, 5.41) is 31.1. The van der Waals surface area contributed by atoms with Crippen molar-refractivity contribution in [3.63, 3.8) is 0 Å². The largest absolute Gasteiger partial charge is 0.469 e. The molecule has 0 heterocycles. The Morgan fingerprint density at radius 2 is 1.43 bits per heavy atom. The Kier molecular flexibility index (Phi) is 23.5. The van der Waals surface area contributed by atoms with Crippen LogP contribution in [0.15, 0.2) is 24.3 Å². The molecule has 1 rings (SSSR count). The summed E-state index contributed by atoms with van der Waals surface area (Å²) < 4.78 is 26.1. The predicted molar refractivity (Wildman–Crippen MR) is 177 cm³/mol. The first-order valence-electron chi connectivity index (χ1n) is 17.4. The lowest BCUT2D eigenvalue weighted by molar-refractivity contribution is -0.160. The summed E-state index contributed by atoms with van der Waals surface area (Å²) in [4.78, 5) is 42.8. The highest BCUT2D eigenvalue weighted by Gasteiger charge is 2.39. The lowest BCUT2D eigenvalue weighted by Gasteiger charge is -2.19. The number of hydrogen-bond acceptors (Lipinski definition) is 9. The number of carbonyl (C=O) groups is 2. The van der Waals surface area contributed by atoms with Crippen LogP contribution in [-0.4, -0.2) is 74.7 Å². The van der Waals surface area contributed by atoms with Gasteiger partial charge in [-0.3, -0.25) is 14.1 Å². The van der Waals surface area contributed by atoms with Crippen LogP contribution in [0.25, 0.3) is 0 Å². The van der Waals surface area contributed by atoms with E-state index in [0.717, 1.165) is 38.5 Å². The molecule has 1 aliphatic rings. The molecule has 6 atom stereocenters. The van der Waals surface area contributed by atoms with Gasteiger partial charge in [0.05, 0.1) is 31.3 Å². The Morgan fingerprint density at radius 3 is 2.07 bits per heavy atom. The molecule has 0 amide bonds. The summed E-state index contributed by atoms with van der Waals surface area (Å²) >= 11 is 0. The molecule has 0 spiro atoms. The van der Waals surface area contributed by atoms with Gasteiger partial charge >= 0.3 is 19.8 Å². The third kappa shape index (κ3) is 21.3. The number of phosphoric acid groups is 1. The molecule has 0 aromatic carbocycles. The van der Waals surface area contributed by atoms with Crippen molar-refractivity contribution in [1.82, 2.24) is 0 Å². The quantitative estimate of drug-likeness (QED) is 0.0296. The van der Waals surface area contributed by atoms with Crippen molar-refractivity contribution in [3.05, 3.63) is 24.3 Å². The number of aliphatic hydroxyl groups is 3. The van der Waals surface area contributed by atoms with Crippen molar-refractivity contribution in [1.29, 1.82) is 0 Å². The van der Waals surface area contributed by atoms with E-state index in [9.17, 15) is 29.5 Å². The molecule has 1 saturated carbocycles. The first-order chi connectivity index (χ1) is 22.0. The van der Waals surface area contributed by atoms with Crippen LogP contribution in [0.4, 0.5) is 0 Å². The minimum Gasteiger partial charge on any atom is -0.461 e. The van der Waals surface area contributed by atoms with Crippen molar-refractivity contribution < 1.29 is 53.3 Å². The molecule has 0 unspecified atom stereocenters. The van der Waals surface area contributed by atoms with Gasteiger partial charge in [-0.25, -0.2) is 4.57 Å². The van der Waals surface area contributed by atoms with E-state index >= 15 is 0 Å². The van der Waals surface area contributed by atoms with Crippen molar-refractivity contribution >= 4 is 19.8 Å². The smallest absolute Gasteiger partial charge is 0.461 e. The van der Waals surface area contributed by atoms with Crippen LogP contribution < -0.4 is 0 Å². The molecule has 268 valence electrons. The van der Waals surface area contributed by atoms with Crippen molar-refractivity contribution in [2.75, 3.05) is 13.2 Å². The van der Waals surface area contributed by atoms with Crippen LogP contribution in [0.3, 0.4) is 0 Å². The monoisotopic (exact) mass is 676 g/mol. The fourth-order valence-electron chi connectivity index (χ4n) is 5.64. The van der Waals surface area contributed by atoms with Gasteiger partial charge < -0.3 is 34.6 Å². The number of phosphoric ester groups is 1. The van der Waals surface area contributed by atoms with Crippen LogP contribution in [0, 0.1) is 11.8 Å². The van der Waals surface area contributed by atoms with E-state index in [4.69, 9.17) is 19.3 Å². The first-order valence-corrected chi connectivity index (χ1v) is 18.9. The van der Waals surface area contributed by atoms with E-state index < -0.39 is 57.4 Å². The van der Waals surface area contributed by atoms with Crippen LogP contribution >= 0.6 is 7.82 Å². The Balaban J connectivity index is 2.46. The Hall–Kier alpha value is -1.59. The Bertz CT molecular complexity index is 919. The third-order valence-corrected chi connectivity index (χ3v) is 8.81. The van der Waals surface area contributed by atoms with Crippen molar-refractivity contribution in [2.24, 2.45) is 11.8 Å². The van der Waals surface area contributed by atoms with Gasteiger partial charge in [0.2, 0.25) is 0 Å². The summed E-state index contributed by atoms with van der Waals surface area (Å²) in [5.74, 6) is -1.78. The van der Waals surface area contributed by atoms with Gasteiger partial charge in [-0.1, -0.05) is 115 Å². The fraction of sp³-hybridized carbons (Fsp3) is 0.824. The SMILES string of the molecule is CCCCCCCCCCCCC(=O)O[C@H](COC(=O)C/C=C\C[C@H]1[C@@H](/C=C/[C@H](O)CCCCC)[C@H](O)C[C@@H]1O)COP(=O)(O)O. The first kappa shape index (κ1) is 42.4. The number of esters is 2. The molecular weight excluding hydrogens is 615 g/mol. The standard InChI is InChI=1S/C34H61O11P/c1-3-5-7-8-9-10-11-12-13-15-21-34(39)45-28(26-44-46(40,41)42)25-43-33(38)20-17-16-19-29-30(32(37)24-31(29)36)23-22-27(35)18-14-6-4-2/h16-17,22-23,27-32,35-37H,3-15,18-21,24-26H2,1-2H3,(H2,40,41,42)/b17-16-,23-22+/t27-,28-,29+,30-,31+,32-/m1/s1. The normalized spacial score (nSPS) is 21.6. The molecule has 0 aromatic rings. The molecule has 1 fully saturated rings.